The van der Waals surface area contributed by atoms with Crippen molar-refractivity contribution in [1.29, 1.82) is 0 Å². The fraction of sp³-hybridized carbons (Fsp3) is 0.292. The van der Waals surface area contributed by atoms with E-state index in [4.69, 9.17) is 4.74 Å². The van der Waals surface area contributed by atoms with Gasteiger partial charge in [-0.15, -0.1) is 11.3 Å². The molecule has 2 aromatic carbocycles. The van der Waals surface area contributed by atoms with Crippen molar-refractivity contribution in [3.8, 4) is 16.2 Å². The Hall–Kier alpha value is -2.79. The zero-order chi connectivity index (χ0) is 20.0. The monoisotopic (exact) mass is 404 g/mol. The summed E-state index contributed by atoms with van der Waals surface area (Å²) in [6.07, 6.45) is 0. The van der Waals surface area contributed by atoms with Crippen molar-refractivity contribution in [2.24, 2.45) is 0 Å². The summed E-state index contributed by atoms with van der Waals surface area (Å²) in [4.78, 5) is 19.6. The average Bonchev–Trinajstić information content (AvgIpc) is 3.18. The molecule has 1 amide bonds. The van der Waals surface area contributed by atoms with E-state index in [1.54, 1.807) is 11.3 Å². The van der Waals surface area contributed by atoms with E-state index in [0.717, 1.165) is 41.4 Å². The molecular formula is C24H24N2O2S. The molecule has 3 heterocycles. The molecule has 1 fully saturated rings. The van der Waals surface area contributed by atoms with Crippen molar-refractivity contribution >= 4 is 22.9 Å². The SMILES string of the molecule is Cc1cccc(N2CCN(C(=O)c3cc4c(s3)-c3ccccc3OC4)C[C@H]2C)c1. The van der Waals surface area contributed by atoms with Crippen LogP contribution in [0.15, 0.2) is 54.6 Å². The second kappa shape index (κ2) is 7.23. The zero-order valence-corrected chi connectivity index (χ0v) is 17.5. The number of fused-ring (bicyclic) bond motifs is 3. The Bertz CT molecular complexity index is 1070. The van der Waals surface area contributed by atoms with Gasteiger partial charge < -0.3 is 14.5 Å². The lowest BCUT2D eigenvalue weighted by Gasteiger charge is -2.41. The summed E-state index contributed by atoms with van der Waals surface area (Å²) in [6, 6.07) is 19.0. The van der Waals surface area contributed by atoms with Crippen LogP contribution in [-0.4, -0.2) is 36.5 Å². The largest absolute Gasteiger partial charge is 0.488 e. The molecule has 0 bridgehead atoms. The van der Waals surface area contributed by atoms with Gasteiger partial charge in [-0.3, -0.25) is 4.79 Å². The molecular weight excluding hydrogens is 380 g/mol. The molecule has 0 spiro atoms. The Morgan fingerprint density at radius 1 is 1.10 bits per heavy atom. The summed E-state index contributed by atoms with van der Waals surface area (Å²) in [7, 11) is 0. The van der Waals surface area contributed by atoms with Gasteiger partial charge in [0.15, 0.2) is 0 Å². The van der Waals surface area contributed by atoms with Gasteiger partial charge in [0.2, 0.25) is 0 Å². The number of nitrogens with zero attached hydrogens (tertiary/aromatic N) is 2. The lowest BCUT2D eigenvalue weighted by Crippen LogP contribution is -2.53. The molecule has 5 rings (SSSR count). The molecule has 0 aliphatic carbocycles. The third kappa shape index (κ3) is 3.29. The van der Waals surface area contributed by atoms with Gasteiger partial charge in [0.05, 0.1) is 4.88 Å². The van der Waals surface area contributed by atoms with Crippen molar-refractivity contribution < 1.29 is 9.53 Å². The quantitative estimate of drug-likeness (QED) is 0.605. The molecule has 1 atom stereocenters. The van der Waals surface area contributed by atoms with Crippen molar-refractivity contribution in [1.82, 2.24) is 4.90 Å². The van der Waals surface area contributed by atoms with E-state index >= 15 is 0 Å². The Balaban J connectivity index is 1.35. The fourth-order valence-corrected chi connectivity index (χ4v) is 5.46. The number of ether oxygens (including phenoxy) is 1. The number of carbonyl (C=O) groups is 1. The minimum atomic E-state index is 0.137. The highest BCUT2D eigenvalue weighted by atomic mass is 32.1. The number of para-hydroxylation sites is 1. The molecule has 0 N–H and O–H groups in total. The molecule has 0 radical (unpaired) electrons. The van der Waals surface area contributed by atoms with Crippen molar-refractivity contribution in [2.45, 2.75) is 26.5 Å². The number of piperazine rings is 1. The maximum absolute atomic E-state index is 13.2. The minimum Gasteiger partial charge on any atom is -0.488 e. The number of aryl methyl sites for hydroxylation is 1. The molecule has 148 valence electrons. The second-order valence-corrected chi connectivity index (χ2v) is 8.93. The predicted molar refractivity (Wildman–Crippen MR) is 118 cm³/mol. The van der Waals surface area contributed by atoms with Crippen LogP contribution in [0.5, 0.6) is 5.75 Å². The Morgan fingerprint density at radius 2 is 1.97 bits per heavy atom. The smallest absolute Gasteiger partial charge is 0.264 e. The van der Waals surface area contributed by atoms with E-state index in [9.17, 15) is 4.79 Å². The van der Waals surface area contributed by atoms with Crippen LogP contribution < -0.4 is 9.64 Å². The highest BCUT2D eigenvalue weighted by Crippen LogP contribution is 2.42. The fourth-order valence-electron chi connectivity index (χ4n) is 4.29. The lowest BCUT2D eigenvalue weighted by atomic mass is 10.1. The number of hydrogen-bond acceptors (Lipinski definition) is 4. The highest BCUT2D eigenvalue weighted by molar-refractivity contribution is 7.17. The summed E-state index contributed by atoms with van der Waals surface area (Å²) >= 11 is 1.60. The number of anilines is 1. The van der Waals surface area contributed by atoms with E-state index in [1.807, 2.05) is 29.2 Å². The van der Waals surface area contributed by atoms with Gasteiger partial charge in [0.1, 0.15) is 12.4 Å². The third-order valence-corrected chi connectivity index (χ3v) is 6.98. The Labute approximate surface area is 175 Å². The maximum atomic E-state index is 13.2. The molecule has 4 nitrogen and oxygen atoms in total. The van der Waals surface area contributed by atoms with Gasteiger partial charge in [0, 0.05) is 47.4 Å². The number of benzene rings is 2. The molecule has 3 aromatic rings. The average molecular weight is 405 g/mol. The first kappa shape index (κ1) is 18.3. The number of hydrogen-bond donors (Lipinski definition) is 0. The molecule has 2 aliphatic heterocycles. The van der Waals surface area contributed by atoms with E-state index in [1.165, 1.54) is 16.1 Å². The lowest BCUT2D eigenvalue weighted by molar-refractivity contribution is 0.0731. The number of amides is 1. The predicted octanol–water partition coefficient (Wildman–Crippen LogP) is 4.97. The first-order valence-electron chi connectivity index (χ1n) is 10.1. The summed E-state index contributed by atoms with van der Waals surface area (Å²) in [5.41, 5.74) is 4.71. The number of rotatable bonds is 2. The van der Waals surface area contributed by atoms with Gasteiger partial charge >= 0.3 is 0 Å². The van der Waals surface area contributed by atoms with Crippen LogP contribution in [0.25, 0.3) is 10.4 Å². The van der Waals surface area contributed by atoms with Crippen molar-refractivity contribution in [3.63, 3.8) is 0 Å². The van der Waals surface area contributed by atoms with E-state index in [0.29, 0.717) is 6.61 Å². The zero-order valence-electron chi connectivity index (χ0n) is 16.7. The van der Waals surface area contributed by atoms with Gasteiger partial charge in [-0.25, -0.2) is 0 Å². The minimum absolute atomic E-state index is 0.137. The topological polar surface area (TPSA) is 32.8 Å². The number of carbonyl (C=O) groups excluding carboxylic acids is 1. The number of thiophene rings is 1. The van der Waals surface area contributed by atoms with Crippen molar-refractivity contribution in [3.05, 3.63) is 70.6 Å². The van der Waals surface area contributed by atoms with Crippen LogP contribution >= 0.6 is 11.3 Å². The molecule has 1 aromatic heterocycles. The van der Waals surface area contributed by atoms with Crippen LogP contribution in [0.1, 0.15) is 27.7 Å². The van der Waals surface area contributed by atoms with Gasteiger partial charge in [-0.1, -0.05) is 24.3 Å². The Morgan fingerprint density at radius 3 is 2.79 bits per heavy atom. The molecule has 0 unspecified atom stereocenters. The molecule has 29 heavy (non-hydrogen) atoms. The van der Waals surface area contributed by atoms with E-state index in [2.05, 4.69) is 49.1 Å². The van der Waals surface area contributed by atoms with Crippen LogP contribution in [0.4, 0.5) is 5.69 Å². The van der Waals surface area contributed by atoms with Crippen LogP contribution in [0.3, 0.4) is 0 Å². The maximum Gasteiger partial charge on any atom is 0.264 e. The molecule has 2 aliphatic rings. The van der Waals surface area contributed by atoms with E-state index in [-0.39, 0.29) is 11.9 Å². The summed E-state index contributed by atoms with van der Waals surface area (Å²) in [5.74, 6) is 1.04. The summed E-state index contributed by atoms with van der Waals surface area (Å²) < 4.78 is 5.85. The van der Waals surface area contributed by atoms with Crippen LogP contribution in [0, 0.1) is 6.92 Å². The molecule has 0 saturated carbocycles. The third-order valence-electron chi connectivity index (χ3n) is 5.78. The Kier molecular flexibility index (Phi) is 4.55. The van der Waals surface area contributed by atoms with Gasteiger partial charge in [-0.2, -0.15) is 0 Å². The van der Waals surface area contributed by atoms with Crippen molar-refractivity contribution in [2.75, 3.05) is 24.5 Å². The van der Waals surface area contributed by atoms with Crippen LogP contribution in [0.2, 0.25) is 0 Å². The normalized spacial score (nSPS) is 18.1. The van der Waals surface area contributed by atoms with E-state index < -0.39 is 0 Å². The first-order valence-corrected chi connectivity index (χ1v) is 10.9. The summed E-state index contributed by atoms with van der Waals surface area (Å²) in [6.45, 7) is 7.19. The highest BCUT2D eigenvalue weighted by Gasteiger charge is 2.30. The summed E-state index contributed by atoms with van der Waals surface area (Å²) in [5, 5.41) is 0. The molecule has 1 saturated heterocycles. The van der Waals surface area contributed by atoms with Gasteiger partial charge in [-0.05, 0) is 49.7 Å². The molecule has 5 heteroatoms. The first-order chi connectivity index (χ1) is 14.1. The van der Waals surface area contributed by atoms with Gasteiger partial charge in [0.25, 0.3) is 5.91 Å². The second-order valence-electron chi connectivity index (χ2n) is 7.88. The van der Waals surface area contributed by atoms with Crippen LogP contribution in [-0.2, 0) is 6.61 Å². The standard InChI is InChI=1S/C24H24N2O2S/c1-16-6-5-7-19(12-16)26-11-10-25(14-17(26)2)24(27)22-13-18-15-28-21-9-4-3-8-20(21)23(18)29-22/h3-9,12-13,17H,10-11,14-15H2,1-2H3/t17-/m1/s1.